The smallest absolute Gasteiger partial charge is 0.255 e. The molecule has 1 atom stereocenters. The highest BCUT2D eigenvalue weighted by atomic mass is 32.2. The van der Waals surface area contributed by atoms with Crippen LogP contribution in [0.25, 0.3) is 0 Å². The third-order valence-corrected chi connectivity index (χ3v) is 5.95. The van der Waals surface area contributed by atoms with Crippen LogP contribution in [-0.4, -0.2) is 45.5 Å². The summed E-state index contributed by atoms with van der Waals surface area (Å²) in [6.07, 6.45) is 1.93. The number of methoxy groups -OCH3 is 1. The van der Waals surface area contributed by atoms with Crippen molar-refractivity contribution >= 4 is 15.9 Å². The lowest BCUT2D eigenvalue weighted by Crippen LogP contribution is -2.40. The monoisotopic (exact) mass is 421 g/mol. The van der Waals surface area contributed by atoms with E-state index < -0.39 is 15.9 Å². The molecule has 2 aromatic carbocycles. The molecule has 0 saturated carbocycles. The Morgan fingerprint density at radius 1 is 1.28 bits per heavy atom. The Morgan fingerprint density at radius 3 is 2.66 bits per heavy atom. The van der Waals surface area contributed by atoms with Gasteiger partial charge in [0.15, 0.2) is 0 Å². The normalized spacial score (nSPS) is 17.3. The topological polar surface area (TPSA) is 102 Å². The van der Waals surface area contributed by atoms with E-state index in [0.717, 1.165) is 24.9 Å². The number of sulfonamides is 1. The SMILES string of the molecule is COc1ccc(S(N)(=O)=O)cc1C(=O)NC[C@H]1CCCN1Cc1ccc(F)cc1. The van der Waals surface area contributed by atoms with Crippen LogP contribution in [0.15, 0.2) is 47.4 Å². The average molecular weight is 421 g/mol. The molecule has 1 fully saturated rings. The van der Waals surface area contributed by atoms with E-state index in [9.17, 15) is 17.6 Å². The summed E-state index contributed by atoms with van der Waals surface area (Å²) in [6, 6.07) is 10.4. The minimum Gasteiger partial charge on any atom is -0.496 e. The number of nitrogens with two attached hydrogens (primary N) is 1. The molecule has 29 heavy (non-hydrogen) atoms. The molecule has 1 amide bonds. The second-order valence-corrected chi connectivity index (χ2v) is 8.57. The maximum Gasteiger partial charge on any atom is 0.255 e. The molecule has 2 aromatic rings. The van der Waals surface area contributed by atoms with Crippen LogP contribution in [0, 0.1) is 5.82 Å². The van der Waals surface area contributed by atoms with E-state index in [-0.39, 0.29) is 28.1 Å². The first-order chi connectivity index (χ1) is 13.8. The van der Waals surface area contributed by atoms with Crippen molar-refractivity contribution in [3.8, 4) is 5.75 Å². The quantitative estimate of drug-likeness (QED) is 0.711. The zero-order chi connectivity index (χ0) is 21.0. The van der Waals surface area contributed by atoms with Crippen molar-refractivity contribution in [1.82, 2.24) is 10.2 Å². The molecule has 1 aliphatic rings. The van der Waals surface area contributed by atoms with Gasteiger partial charge in [0.2, 0.25) is 10.0 Å². The van der Waals surface area contributed by atoms with E-state index in [1.807, 2.05) is 0 Å². The van der Waals surface area contributed by atoms with Gasteiger partial charge in [-0.15, -0.1) is 0 Å². The van der Waals surface area contributed by atoms with Gasteiger partial charge in [-0.25, -0.2) is 17.9 Å². The van der Waals surface area contributed by atoms with Gasteiger partial charge in [-0.2, -0.15) is 0 Å². The molecule has 3 rings (SSSR count). The molecule has 3 N–H and O–H groups in total. The van der Waals surface area contributed by atoms with E-state index in [1.54, 1.807) is 12.1 Å². The van der Waals surface area contributed by atoms with Crippen molar-refractivity contribution in [1.29, 1.82) is 0 Å². The molecule has 0 aliphatic carbocycles. The van der Waals surface area contributed by atoms with Crippen LogP contribution in [0.2, 0.25) is 0 Å². The van der Waals surface area contributed by atoms with Crippen LogP contribution in [0.3, 0.4) is 0 Å². The number of carbonyl (C=O) groups is 1. The van der Waals surface area contributed by atoms with Crippen molar-refractivity contribution < 1.29 is 22.3 Å². The number of carbonyl (C=O) groups excluding carboxylic acids is 1. The third kappa shape index (κ3) is 5.31. The lowest BCUT2D eigenvalue weighted by molar-refractivity contribution is 0.0936. The number of nitrogens with zero attached hydrogens (tertiary/aromatic N) is 1. The Kier molecular flexibility index (Phi) is 6.51. The van der Waals surface area contributed by atoms with Crippen molar-refractivity contribution in [3.63, 3.8) is 0 Å². The summed E-state index contributed by atoms with van der Waals surface area (Å²) in [5, 5.41) is 8.02. The lowest BCUT2D eigenvalue weighted by atomic mass is 10.1. The van der Waals surface area contributed by atoms with Crippen molar-refractivity contribution in [2.45, 2.75) is 30.3 Å². The van der Waals surface area contributed by atoms with Crippen LogP contribution >= 0.6 is 0 Å². The lowest BCUT2D eigenvalue weighted by Gasteiger charge is -2.25. The molecular weight excluding hydrogens is 397 g/mol. The molecule has 0 unspecified atom stereocenters. The summed E-state index contributed by atoms with van der Waals surface area (Å²) in [4.78, 5) is 14.8. The second-order valence-electron chi connectivity index (χ2n) is 7.01. The molecule has 1 aliphatic heterocycles. The van der Waals surface area contributed by atoms with Crippen LogP contribution in [-0.2, 0) is 16.6 Å². The highest BCUT2D eigenvalue weighted by Gasteiger charge is 2.26. The predicted octanol–water partition coefficient (Wildman–Crippen LogP) is 1.88. The number of ether oxygens (including phenoxy) is 1. The molecule has 7 nitrogen and oxygen atoms in total. The van der Waals surface area contributed by atoms with Crippen molar-refractivity contribution in [2.75, 3.05) is 20.2 Å². The molecule has 1 heterocycles. The highest BCUT2D eigenvalue weighted by molar-refractivity contribution is 7.89. The highest BCUT2D eigenvalue weighted by Crippen LogP contribution is 2.23. The number of rotatable bonds is 7. The Balaban J connectivity index is 1.67. The molecule has 0 radical (unpaired) electrons. The maximum atomic E-state index is 13.1. The van der Waals surface area contributed by atoms with Gasteiger partial charge in [0, 0.05) is 19.1 Å². The predicted molar refractivity (Wildman–Crippen MR) is 107 cm³/mol. The standard InChI is InChI=1S/C20H24FN3O4S/c1-28-19-9-8-17(29(22,26)27)11-18(19)20(25)23-12-16-3-2-10-24(16)13-14-4-6-15(21)7-5-14/h4-9,11,16H,2-3,10,12-13H2,1H3,(H,23,25)(H2,22,26,27)/t16-/m1/s1. The number of amides is 1. The number of hydrogen-bond donors (Lipinski definition) is 2. The van der Waals surface area contributed by atoms with Crippen LogP contribution < -0.4 is 15.2 Å². The first-order valence-electron chi connectivity index (χ1n) is 9.25. The molecule has 0 bridgehead atoms. The molecule has 0 aromatic heterocycles. The van der Waals surface area contributed by atoms with Gasteiger partial charge in [0.05, 0.1) is 17.6 Å². The first kappa shape index (κ1) is 21.2. The van der Waals surface area contributed by atoms with Crippen molar-refractivity contribution in [3.05, 3.63) is 59.4 Å². The minimum atomic E-state index is -3.93. The third-order valence-electron chi connectivity index (χ3n) is 5.04. The molecule has 156 valence electrons. The number of primary sulfonamides is 1. The van der Waals surface area contributed by atoms with Gasteiger partial charge in [-0.3, -0.25) is 9.69 Å². The number of benzene rings is 2. The van der Waals surface area contributed by atoms with Gasteiger partial charge < -0.3 is 10.1 Å². The Labute approximate surface area is 169 Å². The second kappa shape index (κ2) is 8.89. The molecule has 9 heteroatoms. The Morgan fingerprint density at radius 2 is 2.00 bits per heavy atom. The zero-order valence-electron chi connectivity index (χ0n) is 16.1. The van der Waals surface area contributed by atoms with E-state index in [1.165, 1.54) is 37.4 Å². The fraction of sp³-hybridized carbons (Fsp3) is 0.350. The summed E-state index contributed by atoms with van der Waals surface area (Å²) >= 11 is 0. The fourth-order valence-corrected chi connectivity index (χ4v) is 4.05. The summed E-state index contributed by atoms with van der Waals surface area (Å²) in [7, 11) is -2.52. The van der Waals surface area contributed by atoms with Gasteiger partial charge in [0.1, 0.15) is 11.6 Å². The Bertz CT molecular complexity index is 980. The van der Waals surface area contributed by atoms with E-state index in [0.29, 0.717) is 13.1 Å². The van der Waals surface area contributed by atoms with Gasteiger partial charge in [-0.1, -0.05) is 12.1 Å². The Hall–Kier alpha value is -2.49. The largest absolute Gasteiger partial charge is 0.496 e. The van der Waals surface area contributed by atoms with Crippen LogP contribution in [0.1, 0.15) is 28.8 Å². The number of hydrogen-bond acceptors (Lipinski definition) is 5. The van der Waals surface area contributed by atoms with Gasteiger partial charge >= 0.3 is 0 Å². The van der Waals surface area contributed by atoms with Gasteiger partial charge in [-0.05, 0) is 55.3 Å². The summed E-state index contributed by atoms with van der Waals surface area (Å²) in [6.45, 7) is 1.97. The molecule has 1 saturated heterocycles. The summed E-state index contributed by atoms with van der Waals surface area (Å²) in [5.41, 5.74) is 1.12. The van der Waals surface area contributed by atoms with Crippen molar-refractivity contribution in [2.24, 2.45) is 5.14 Å². The first-order valence-corrected chi connectivity index (χ1v) is 10.8. The summed E-state index contributed by atoms with van der Waals surface area (Å²) in [5.74, 6) is -0.430. The summed E-state index contributed by atoms with van der Waals surface area (Å²) < 4.78 is 41.4. The number of likely N-dealkylation sites (tertiary alicyclic amines) is 1. The number of halogens is 1. The van der Waals surface area contributed by atoms with E-state index in [4.69, 9.17) is 9.88 Å². The van der Waals surface area contributed by atoms with E-state index >= 15 is 0 Å². The fourth-order valence-electron chi connectivity index (χ4n) is 3.51. The van der Waals surface area contributed by atoms with Gasteiger partial charge in [0.25, 0.3) is 5.91 Å². The zero-order valence-corrected chi connectivity index (χ0v) is 16.9. The minimum absolute atomic E-state index is 0.113. The maximum absolute atomic E-state index is 13.1. The average Bonchev–Trinajstić information content (AvgIpc) is 3.13. The molecule has 0 spiro atoms. The van der Waals surface area contributed by atoms with E-state index in [2.05, 4.69) is 10.2 Å². The van der Waals surface area contributed by atoms with Crippen LogP contribution in [0.4, 0.5) is 4.39 Å². The van der Waals surface area contributed by atoms with Crippen LogP contribution in [0.5, 0.6) is 5.75 Å². The number of nitrogens with one attached hydrogen (secondary N) is 1. The molecular formula is C20H24FN3O4S.